The van der Waals surface area contributed by atoms with E-state index in [1.54, 1.807) is 12.1 Å². The largest absolute Gasteiger partial charge is 0.287 e. The molecule has 0 saturated heterocycles. The molecule has 0 amide bonds. The fourth-order valence-corrected chi connectivity index (χ4v) is 3.00. The number of carbonyl (C=O) groups excluding carboxylic acids is 1. The van der Waals surface area contributed by atoms with Gasteiger partial charge in [-0.2, -0.15) is 0 Å². The van der Waals surface area contributed by atoms with Gasteiger partial charge >= 0.3 is 0 Å². The van der Waals surface area contributed by atoms with Gasteiger partial charge in [-0.1, -0.05) is 66.2 Å². The van der Waals surface area contributed by atoms with E-state index < -0.39 is 0 Å². The Morgan fingerprint density at radius 3 is 2.35 bits per heavy atom. The third-order valence-electron chi connectivity index (χ3n) is 3.91. The van der Waals surface area contributed by atoms with Crippen molar-refractivity contribution in [2.45, 2.75) is 0 Å². The molecule has 3 heteroatoms. The van der Waals surface area contributed by atoms with Crippen LogP contribution < -0.4 is 0 Å². The lowest BCUT2D eigenvalue weighted by atomic mass is 9.99. The van der Waals surface area contributed by atoms with Gasteiger partial charge in [-0.25, -0.2) is 4.98 Å². The number of hydrogen-bond acceptors (Lipinski definition) is 2. The highest BCUT2D eigenvalue weighted by atomic mass is 35.5. The predicted molar refractivity (Wildman–Crippen MR) is 94.1 cm³/mol. The molecule has 0 aliphatic rings. The van der Waals surface area contributed by atoms with Crippen molar-refractivity contribution in [1.29, 1.82) is 0 Å². The van der Waals surface area contributed by atoms with Crippen LogP contribution in [0.15, 0.2) is 72.8 Å². The van der Waals surface area contributed by atoms with Gasteiger partial charge in [0.15, 0.2) is 0 Å². The number of ketones is 1. The molecule has 1 heterocycles. The molecule has 110 valence electrons. The van der Waals surface area contributed by atoms with Gasteiger partial charge in [0.1, 0.15) is 5.69 Å². The lowest BCUT2D eigenvalue weighted by Gasteiger charge is -2.09. The van der Waals surface area contributed by atoms with Gasteiger partial charge < -0.3 is 0 Å². The number of carbonyl (C=O) groups is 1. The van der Waals surface area contributed by atoms with E-state index >= 15 is 0 Å². The van der Waals surface area contributed by atoms with E-state index in [2.05, 4.69) is 4.98 Å². The van der Waals surface area contributed by atoms with Crippen molar-refractivity contribution >= 4 is 39.1 Å². The van der Waals surface area contributed by atoms with Crippen molar-refractivity contribution in [2.24, 2.45) is 0 Å². The quantitative estimate of drug-likeness (QED) is 0.372. The summed E-state index contributed by atoms with van der Waals surface area (Å²) in [6, 6.07) is 22.6. The van der Waals surface area contributed by atoms with Crippen LogP contribution in [0.2, 0.25) is 5.02 Å². The molecule has 0 fully saturated rings. The molecule has 0 unspecified atom stereocenters. The lowest BCUT2D eigenvalue weighted by Crippen LogP contribution is -2.05. The van der Waals surface area contributed by atoms with Crippen LogP contribution in [0.1, 0.15) is 16.1 Å². The number of halogens is 1. The Morgan fingerprint density at radius 1 is 0.783 bits per heavy atom. The van der Waals surface area contributed by atoms with Crippen molar-refractivity contribution in [3.8, 4) is 0 Å². The SMILES string of the molecule is O=C(c1ccccc1)c1nc2ccccc2c2ccc(Cl)cc12. The maximum absolute atomic E-state index is 12.9. The Kier molecular flexibility index (Phi) is 3.32. The Balaban J connectivity index is 2.08. The average Bonchev–Trinajstić information content (AvgIpc) is 2.61. The van der Waals surface area contributed by atoms with Gasteiger partial charge in [0.2, 0.25) is 5.78 Å². The third-order valence-corrected chi connectivity index (χ3v) is 4.15. The smallest absolute Gasteiger partial charge is 0.212 e. The van der Waals surface area contributed by atoms with E-state index in [1.807, 2.05) is 60.7 Å². The number of hydrogen-bond donors (Lipinski definition) is 0. The van der Waals surface area contributed by atoms with Gasteiger partial charge in [0.25, 0.3) is 0 Å². The van der Waals surface area contributed by atoms with Crippen molar-refractivity contribution < 1.29 is 4.79 Å². The van der Waals surface area contributed by atoms with Crippen LogP contribution in [0.5, 0.6) is 0 Å². The van der Waals surface area contributed by atoms with Crippen LogP contribution >= 0.6 is 11.6 Å². The Labute approximate surface area is 138 Å². The zero-order valence-corrected chi connectivity index (χ0v) is 12.9. The van der Waals surface area contributed by atoms with E-state index in [9.17, 15) is 4.79 Å². The molecule has 1 aromatic heterocycles. The summed E-state index contributed by atoms with van der Waals surface area (Å²) in [6.45, 7) is 0. The number of benzene rings is 3. The van der Waals surface area contributed by atoms with Crippen LogP contribution in [0.4, 0.5) is 0 Å². The van der Waals surface area contributed by atoms with E-state index in [1.165, 1.54) is 0 Å². The highest BCUT2D eigenvalue weighted by Gasteiger charge is 2.16. The molecule has 0 atom stereocenters. The van der Waals surface area contributed by atoms with Crippen LogP contribution in [0.25, 0.3) is 21.7 Å². The van der Waals surface area contributed by atoms with Crippen LogP contribution in [0, 0.1) is 0 Å². The van der Waals surface area contributed by atoms with E-state index in [-0.39, 0.29) is 5.78 Å². The summed E-state index contributed by atoms with van der Waals surface area (Å²) in [6.07, 6.45) is 0. The molecule has 2 nitrogen and oxygen atoms in total. The summed E-state index contributed by atoms with van der Waals surface area (Å²) in [5, 5.41) is 3.38. The summed E-state index contributed by atoms with van der Waals surface area (Å²) in [5.74, 6) is -0.0939. The summed E-state index contributed by atoms with van der Waals surface area (Å²) < 4.78 is 0. The van der Waals surface area contributed by atoms with Gasteiger partial charge in [-0.3, -0.25) is 4.79 Å². The first kappa shape index (κ1) is 13.9. The predicted octanol–water partition coefficient (Wildman–Crippen LogP) is 5.27. The number of aromatic nitrogens is 1. The molecule has 3 aromatic carbocycles. The van der Waals surface area contributed by atoms with Crippen molar-refractivity contribution in [2.75, 3.05) is 0 Å². The van der Waals surface area contributed by atoms with E-state index in [0.717, 1.165) is 21.7 Å². The minimum atomic E-state index is -0.0939. The monoisotopic (exact) mass is 317 g/mol. The first-order valence-corrected chi connectivity index (χ1v) is 7.69. The summed E-state index contributed by atoms with van der Waals surface area (Å²) in [4.78, 5) is 17.5. The molecular formula is C20H12ClNO. The number of para-hydroxylation sites is 1. The standard InChI is InChI=1S/C20H12ClNO/c21-14-10-11-15-16-8-4-5-9-18(16)22-19(17(15)12-14)20(23)13-6-2-1-3-7-13/h1-12H. The van der Waals surface area contributed by atoms with Gasteiger partial charge in [0, 0.05) is 21.4 Å². The summed E-state index contributed by atoms with van der Waals surface area (Å²) >= 11 is 6.15. The second-order valence-electron chi connectivity index (χ2n) is 5.36. The average molecular weight is 318 g/mol. The second-order valence-corrected chi connectivity index (χ2v) is 5.80. The summed E-state index contributed by atoms with van der Waals surface area (Å²) in [5.41, 5.74) is 1.87. The summed E-state index contributed by atoms with van der Waals surface area (Å²) in [7, 11) is 0. The minimum Gasteiger partial charge on any atom is -0.287 e. The van der Waals surface area contributed by atoms with Gasteiger partial charge in [0.05, 0.1) is 5.52 Å². The second kappa shape index (κ2) is 5.49. The highest BCUT2D eigenvalue weighted by molar-refractivity contribution is 6.32. The molecule has 4 aromatic rings. The van der Waals surface area contributed by atoms with E-state index in [4.69, 9.17) is 11.6 Å². The molecule has 0 bridgehead atoms. The number of fused-ring (bicyclic) bond motifs is 3. The molecule has 0 spiro atoms. The Bertz CT molecular complexity index is 1040. The molecule has 0 radical (unpaired) electrons. The Hall–Kier alpha value is -2.71. The number of pyridine rings is 1. The number of rotatable bonds is 2. The lowest BCUT2D eigenvalue weighted by molar-refractivity contribution is 0.103. The van der Waals surface area contributed by atoms with Crippen LogP contribution in [-0.4, -0.2) is 10.8 Å². The fourth-order valence-electron chi connectivity index (χ4n) is 2.83. The molecule has 23 heavy (non-hydrogen) atoms. The van der Waals surface area contributed by atoms with Crippen LogP contribution in [-0.2, 0) is 0 Å². The molecule has 0 N–H and O–H groups in total. The third kappa shape index (κ3) is 2.37. The molecular weight excluding hydrogens is 306 g/mol. The van der Waals surface area contributed by atoms with Crippen molar-refractivity contribution in [3.63, 3.8) is 0 Å². The first-order chi connectivity index (χ1) is 11.2. The van der Waals surface area contributed by atoms with Crippen LogP contribution in [0.3, 0.4) is 0 Å². The highest BCUT2D eigenvalue weighted by Crippen LogP contribution is 2.29. The van der Waals surface area contributed by atoms with Crippen molar-refractivity contribution in [3.05, 3.63) is 89.1 Å². The topological polar surface area (TPSA) is 30.0 Å². The molecule has 0 aliphatic carbocycles. The maximum atomic E-state index is 12.9. The Morgan fingerprint density at radius 2 is 1.52 bits per heavy atom. The first-order valence-electron chi connectivity index (χ1n) is 7.32. The molecule has 0 aliphatic heterocycles. The normalized spacial score (nSPS) is 11.0. The van der Waals surface area contributed by atoms with Gasteiger partial charge in [-0.05, 0) is 23.6 Å². The fraction of sp³-hybridized carbons (Fsp3) is 0. The van der Waals surface area contributed by atoms with E-state index in [0.29, 0.717) is 16.3 Å². The minimum absolute atomic E-state index is 0.0939. The zero-order chi connectivity index (χ0) is 15.8. The van der Waals surface area contributed by atoms with Crippen molar-refractivity contribution in [1.82, 2.24) is 4.98 Å². The maximum Gasteiger partial charge on any atom is 0.212 e. The zero-order valence-electron chi connectivity index (χ0n) is 12.2. The van der Waals surface area contributed by atoms with Gasteiger partial charge in [-0.15, -0.1) is 0 Å². The molecule has 4 rings (SSSR count). The number of nitrogens with zero attached hydrogens (tertiary/aromatic N) is 1. The molecule has 0 saturated carbocycles.